The normalized spacial score (nSPS) is 54.1. The van der Waals surface area contributed by atoms with Crippen LogP contribution >= 0.6 is 0 Å². The lowest BCUT2D eigenvalue weighted by Gasteiger charge is -2.71. The molecule has 4 heteroatoms. The molecule has 192 valence electrons. The van der Waals surface area contributed by atoms with Crippen LogP contribution in [0.1, 0.15) is 99.3 Å². The molecule has 2 unspecified atom stereocenters. The fourth-order valence-electron chi connectivity index (χ4n) is 11.0. The van der Waals surface area contributed by atoms with Crippen LogP contribution in [-0.4, -0.2) is 34.0 Å². The van der Waals surface area contributed by atoms with Gasteiger partial charge in [0.1, 0.15) is 0 Å². The Balaban J connectivity index is 1.61. The summed E-state index contributed by atoms with van der Waals surface area (Å²) in [6.45, 7) is 14.5. The molecule has 10 atom stereocenters. The Morgan fingerprint density at radius 3 is 2.32 bits per heavy atom. The molecular formula is C30H48O4. The highest BCUT2D eigenvalue weighted by Gasteiger charge is 2.69. The van der Waals surface area contributed by atoms with Crippen LogP contribution in [-0.2, 0) is 4.79 Å². The van der Waals surface area contributed by atoms with Crippen LogP contribution in [0.5, 0.6) is 0 Å². The van der Waals surface area contributed by atoms with E-state index in [9.17, 15) is 20.1 Å². The Morgan fingerprint density at radius 2 is 1.68 bits per heavy atom. The van der Waals surface area contributed by atoms with Crippen molar-refractivity contribution >= 4 is 5.97 Å². The van der Waals surface area contributed by atoms with Gasteiger partial charge in [0, 0.05) is 6.61 Å². The van der Waals surface area contributed by atoms with Gasteiger partial charge < -0.3 is 15.3 Å². The lowest BCUT2D eigenvalue weighted by Crippen LogP contribution is -2.65. The summed E-state index contributed by atoms with van der Waals surface area (Å²) in [5.74, 6) is 0.882. The molecule has 0 saturated heterocycles. The molecule has 0 spiro atoms. The quantitative estimate of drug-likeness (QED) is 0.427. The first-order valence-electron chi connectivity index (χ1n) is 14.0. The molecule has 4 fully saturated rings. The van der Waals surface area contributed by atoms with E-state index in [2.05, 4.69) is 47.6 Å². The third-order valence-corrected chi connectivity index (χ3v) is 13.4. The highest BCUT2D eigenvalue weighted by atomic mass is 16.4. The molecule has 0 bridgehead atoms. The number of aliphatic hydroxyl groups is 2. The summed E-state index contributed by atoms with van der Waals surface area (Å²) >= 11 is 0. The minimum absolute atomic E-state index is 0.000670. The smallest absolute Gasteiger partial charge is 0.310 e. The molecule has 0 aromatic carbocycles. The van der Waals surface area contributed by atoms with Gasteiger partial charge in [-0.2, -0.15) is 0 Å². The van der Waals surface area contributed by atoms with E-state index in [-0.39, 0.29) is 52.1 Å². The first kappa shape index (κ1) is 24.8. The van der Waals surface area contributed by atoms with E-state index in [0.29, 0.717) is 18.3 Å². The summed E-state index contributed by atoms with van der Waals surface area (Å²) in [6.07, 6.45) is 10.8. The summed E-state index contributed by atoms with van der Waals surface area (Å²) in [7, 11) is 0. The standard InChI is InChI=1S/C30H48O4/c1-18-19(17-31)9-14-30(25(33)34)16-15-28(5)20(24(18)30)7-8-22-27(4)12-11-23(32)26(2,3)21(27)10-13-29(22,28)6/h7,18-19,21-24,31-32H,8-17H2,1-6H3,(H,33,34)/t18-,19-,21?,22+,23?,24-,27-,28+,29+,30-/m0/s1. The van der Waals surface area contributed by atoms with Crippen molar-refractivity contribution in [2.45, 2.75) is 105 Å². The maximum atomic E-state index is 12.8. The fourth-order valence-corrected chi connectivity index (χ4v) is 11.0. The Morgan fingerprint density at radius 1 is 0.971 bits per heavy atom. The topological polar surface area (TPSA) is 77.8 Å². The van der Waals surface area contributed by atoms with E-state index in [4.69, 9.17) is 0 Å². The van der Waals surface area contributed by atoms with Gasteiger partial charge in [0.15, 0.2) is 0 Å². The molecule has 0 aromatic heterocycles. The Kier molecular flexibility index (Phi) is 5.52. The van der Waals surface area contributed by atoms with Gasteiger partial charge in [-0.25, -0.2) is 0 Å². The molecule has 0 aromatic rings. The number of fused-ring (bicyclic) bond motifs is 7. The highest BCUT2D eigenvalue weighted by Crippen LogP contribution is 2.75. The average molecular weight is 473 g/mol. The third kappa shape index (κ3) is 2.82. The summed E-state index contributed by atoms with van der Waals surface area (Å²) in [6, 6.07) is 0. The van der Waals surface area contributed by atoms with Crippen LogP contribution in [0.15, 0.2) is 11.6 Å². The maximum absolute atomic E-state index is 12.8. The van der Waals surface area contributed by atoms with Crippen molar-refractivity contribution in [2.75, 3.05) is 6.61 Å². The van der Waals surface area contributed by atoms with Gasteiger partial charge in [0.2, 0.25) is 0 Å². The summed E-state index contributed by atoms with van der Waals surface area (Å²) in [5.41, 5.74) is 1.03. The van der Waals surface area contributed by atoms with E-state index in [1.165, 1.54) is 5.57 Å². The highest BCUT2D eigenvalue weighted by molar-refractivity contribution is 5.76. The molecular weight excluding hydrogens is 424 g/mol. The number of allylic oxidation sites excluding steroid dienone is 2. The Labute approximate surface area is 206 Å². The van der Waals surface area contributed by atoms with Gasteiger partial charge in [-0.05, 0) is 109 Å². The molecule has 0 aliphatic heterocycles. The molecule has 5 aliphatic carbocycles. The zero-order chi connectivity index (χ0) is 24.9. The number of hydrogen-bond donors (Lipinski definition) is 3. The SMILES string of the molecule is C[C@H]1[C@H](CO)CC[C@]2(C(=O)O)CC[C@]3(C)C(=CC[C@@H]4[C@@]5(C)CCC(O)C(C)(C)C5CC[C@]43C)[C@H]12. The summed E-state index contributed by atoms with van der Waals surface area (Å²) in [4.78, 5) is 12.8. The van der Waals surface area contributed by atoms with Gasteiger partial charge >= 0.3 is 5.97 Å². The third-order valence-electron chi connectivity index (χ3n) is 13.4. The number of aliphatic hydroxyl groups excluding tert-OH is 2. The molecule has 34 heavy (non-hydrogen) atoms. The number of carboxylic acids is 1. The molecule has 4 nitrogen and oxygen atoms in total. The van der Waals surface area contributed by atoms with Crippen molar-refractivity contribution < 1.29 is 20.1 Å². The van der Waals surface area contributed by atoms with Gasteiger partial charge in [0.05, 0.1) is 11.5 Å². The second-order valence-corrected chi connectivity index (χ2v) is 14.4. The van der Waals surface area contributed by atoms with E-state index in [1.807, 2.05) is 0 Å². The Bertz CT molecular complexity index is 892. The van der Waals surface area contributed by atoms with Crippen LogP contribution in [0.2, 0.25) is 0 Å². The molecule has 0 heterocycles. The van der Waals surface area contributed by atoms with Crippen LogP contribution < -0.4 is 0 Å². The number of rotatable bonds is 2. The lowest BCUT2D eigenvalue weighted by molar-refractivity contribution is -0.207. The average Bonchev–Trinajstić information content (AvgIpc) is 2.77. The number of carboxylic acid groups (broad SMARTS) is 1. The van der Waals surface area contributed by atoms with Crippen LogP contribution in [0.25, 0.3) is 0 Å². The van der Waals surface area contributed by atoms with E-state index in [1.54, 1.807) is 0 Å². The largest absolute Gasteiger partial charge is 0.481 e. The number of carbonyl (C=O) groups is 1. The number of aliphatic carboxylic acids is 1. The van der Waals surface area contributed by atoms with E-state index in [0.717, 1.165) is 51.4 Å². The van der Waals surface area contributed by atoms with Crippen molar-refractivity contribution in [3.8, 4) is 0 Å². The van der Waals surface area contributed by atoms with E-state index >= 15 is 0 Å². The summed E-state index contributed by atoms with van der Waals surface area (Å²) in [5, 5.41) is 31.5. The van der Waals surface area contributed by atoms with Crippen LogP contribution in [0.3, 0.4) is 0 Å². The predicted octanol–water partition coefficient (Wildman–Crippen LogP) is 6.06. The van der Waals surface area contributed by atoms with Gasteiger partial charge in [-0.3, -0.25) is 4.79 Å². The first-order valence-corrected chi connectivity index (χ1v) is 14.0. The monoisotopic (exact) mass is 472 g/mol. The van der Waals surface area contributed by atoms with Gasteiger partial charge in [-0.1, -0.05) is 53.2 Å². The zero-order valence-electron chi connectivity index (χ0n) is 22.4. The van der Waals surface area contributed by atoms with Gasteiger partial charge in [0.25, 0.3) is 0 Å². The predicted molar refractivity (Wildman–Crippen MR) is 134 cm³/mol. The Hall–Kier alpha value is -0.870. The first-order chi connectivity index (χ1) is 15.8. The van der Waals surface area contributed by atoms with Crippen molar-refractivity contribution in [1.82, 2.24) is 0 Å². The van der Waals surface area contributed by atoms with Crippen LogP contribution in [0, 0.1) is 56.7 Å². The van der Waals surface area contributed by atoms with Crippen molar-refractivity contribution in [3.05, 3.63) is 11.6 Å². The molecule has 0 amide bonds. The maximum Gasteiger partial charge on any atom is 0.310 e. The fraction of sp³-hybridized carbons (Fsp3) is 0.900. The van der Waals surface area contributed by atoms with Crippen molar-refractivity contribution in [2.24, 2.45) is 56.7 Å². The second-order valence-electron chi connectivity index (χ2n) is 14.4. The zero-order valence-corrected chi connectivity index (χ0v) is 22.4. The second kappa shape index (κ2) is 7.57. The lowest BCUT2D eigenvalue weighted by atomic mass is 9.33. The van der Waals surface area contributed by atoms with Crippen molar-refractivity contribution in [1.29, 1.82) is 0 Å². The van der Waals surface area contributed by atoms with Crippen molar-refractivity contribution in [3.63, 3.8) is 0 Å². The molecule has 5 rings (SSSR count). The van der Waals surface area contributed by atoms with Crippen LogP contribution in [0.4, 0.5) is 0 Å². The molecule has 3 N–H and O–H groups in total. The van der Waals surface area contributed by atoms with Gasteiger partial charge in [-0.15, -0.1) is 0 Å². The minimum Gasteiger partial charge on any atom is -0.481 e. The van der Waals surface area contributed by atoms with E-state index < -0.39 is 11.4 Å². The minimum atomic E-state index is -0.669. The molecule has 4 saturated carbocycles. The summed E-state index contributed by atoms with van der Waals surface area (Å²) < 4.78 is 0. The molecule has 5 aliphatic rings. The molecule has 0 radical (unpaired) electrons. The number of hydrogen-bond acceptors (Lipinski definition) is 3.